The van der Waals surface area contributed by atoms with E-state index in [-0.39, 0.29) is 6.04 Å². The largest absolute Gasteiger partial charge is 0.324 e. The highest BCUT2D eigenvalue weighted by atomic mass is 79.9. The van der Waals surface area contributed by atoms with Crippen LogP contribution in [0.1, 0.15) is 38.3 Å². The van der Waals surface area contributed by atoms with Crippen molar-refractivity contribution in [3.63, 3.8) is 0 Å². The third-order valence-corrected chi connectivity index (χ3v) is 3.83. The van der Waals surface area contributed by atoms with E-state index in [1.54, 1.807) is 0 Å². The van der Waals surface area contributed by atoms with Gasteiger partial charge in [-0.15, -0.1) is 0 Å². The van der Waals surface area contributed by atoms with E-state index in [0.29, 0.717) is 5.92 Å². The molecule has 0 aliphatic rings. The maximum absolute atomic E-state index is 6.24. The highest BCUT2D eigenvalue weighted by Crippen LogP contribution is 2.32. The molecule has 0 saturated carbocycles. The molecule has 1 rings (SSSR count). The van der Waals surface area contributed by atoms with Gasteiger partial charge in [0.15, 0.2) is 0 Å². The second-order valence-corrected chi connectivity index (χ2v) is 5.06. The normalized spacial score (nSPS) is 13.2. The van der Waals surface area contributed by atoms with Crippen LogP contribution >= 0.6 is 27.5 Å². The Bertz CT molecular complexity index is 323. The highest BCUT2D eigenvalue weighted by Gasteiger charge is 2.18. The van der Waals surface area contributed by atoms with Crippen LogP contribution in [0.4, 0.5) is 0 Å². The Hall–Kier alpha value is -0.0500. The minimum absolute atomic E-state index is 0.0630. The SMILES string of the molecule is CCC(CC)C(N)c1cc(Cl)ccc1Br. The van der Waals surface area contributed by atoms with Crippen molar-refractivity contribution in [3.8, 4) is 0 Å². The smallest absolute Gasteiger partial charge is 0.0410 e. The molecule has 1 aromatic carbocycles. The van der Waals surface area contributed by atoms with E-state index in [0.717, 1.165) is 27.9 Å². The van der Waals surface area contributed by atoms with Crippen LogP contribution in [0.2, 0.25) is 5.02 Å². The zero-order chi connectivity index (χ0) is 11.4. The maximum atomic E-state index is 6.24. The monoisotopic (exact) mass is 289 g/mol. The molecule has 0 radical (unpaired) electrons. The Kier molecular flexibility index (Phi) is 5.10. The topological polar surface area (TPSA) is 26.0 Å². The summed E-state index contributed by atoms with van der Waals surface area (Å²) in [5.41, 5.74) is 7.35. The molecule has 3 heteroatoms. The van der Waals surface area contributed by atoms with E-state index >= 15 is 0 Å². The van der Waals surface area contributed by atoms with Crippen molar-refractivity contribution in [2.24, 2.45) is 11.7 Å². The minimum atomic E-state index is 0.0630. The van der Waals surface area contributed by atoms with Gasteiger partial charge in [-0.1, -0.05) is 54.2 Å². The quantitative estimate of drug-likeness (QED) is 0.865. The Balaban J connectivity index is 2.98. The van der Waals surface area contributed by atoms with Gasteiger partial charge < -0.3 is 5.73 Å². The van der Waals surface area contributed by atoms with E-state index in [1.165, 1.54) is 0 Å². The number of benzene rings is 1. The molecule has 0 aromatic heterocycles. The first-order valence-electron chi connectivity index (χ1n) is 5.30. The molecule has 0 saturated heterocycles. The molecule has 0 bridgehead atoms. The Labute approximate surface area is 105 Å². The van der Waals surface area contributed by atoms with Crippen molar-refractivity contribution >= 4 is 27.5 Å². The van der Waals surface area contributed by atoms with E-state index in [4.69, 9.17) is 17.3 Å². The van der Waals surface area contributed by atoms with E-state index in [2.05, 4.69) is 29.8 Å². The van der Waals surface area contributed by atoms with Gasteiger partial charge in [-0.2, -0.15) is 0 Å². The van der Waals surface area contributed by atoms with Gasteiger partial charge in [0.25, 0.3) is 0 Å². The van der Waals surface area contributed by atoms with Crippen LogP contribution in [-0.4, -0.2) is 0 Å². The van der Waals surface area contributed by atoms with Crippen molar-refractivity contribution in [1.82, 2.24) is 0 Å². The lowest BCUT2D eigenvalue weighted by Gasteiger charge is -2.22. The van der Waals surface area contributed by atoms with Gasteiger partial charge in [-0.25, -0.2) is 0 Å². The average Bonchev–Trinajstić information content (AvgIpc) is 2.23. The maximum Gasteiger partial charge on any atom is 0.0410 e. The molecule has 1 atom stereocenters. The summed E-state index contributed by atoms with van der Waals surface area (Å²) in [7, 11) is 0. The predicted molar refractivity (Wildman–Crippen MR) is 70.2 cm³/mol. The second kappa shape index (κ2) is 5.88. The average molecular weight is 291 g/mol. The lowest BCUT2D eigenvalue weighted by molar-refractivity contribution is 0.404. The van der Waals surface area contributed by atoms with E-state index < -0.39 is 0 Å². The molecule has 0 amide bonds. The zero-order valence-corrected chi connectivity index (χ0v) is 11.5. The van der Waals surface area contributed by atoms with Crippen molar-refractivity contribution in [2.45, 2.75) is 32.7 Å². The Morgan fingerprint density at radius 2 is 1.93 bits per heavy atom. The first kappa shape index (κ1) is 13.0. The van der Waals surface area contributed by atoms with Crippen LogP contribution in [0.5, 0.6) is 0 Å². The summed E-state index contributed by atoms with van der Waals surface area (Å²) in [6.45, 7) is 4.35. The summed E-state index contributed by atoms with van der Waals surface area (Å²) in [6, 6.07) is 5.84. The number of halogens is 2. The lowest BCUT2D eigenvalue weighted by atomic mass is 9.90. The van der Waals surface area contributed by atoms with Gasteiger partial charge in [0, 0.05) is 15.5 Å². The summed E-state index contributed by atoms with van der Waals surface area (Å²) in [5, 5.41) is 0.745. The van der Waals surface area contributed by atoms with Gasteiger partial charge >= 0.3 is 0 Å². The molecule has 0 heterocycles. The summed E-state index contributed by atoms with van der Waals surface area (Å²) >= 11 is 9.49. The van der Waals surface area contributed by atoms with Crippen molar-refractivity contribution < 1.29 is 0 Å². The first-order valence-corrected chi connectivity index (χ1v) is 6.47. The molecule has 2 N–H and O–H groups in total. The molecule has 0 aliphatic heterocycles. The minimum Gasteiger partial charge on any atom is -0.324 e. The summed E-state index contributed by atoms with van der Waals surface area (Å²) in [5.74, 6) is 0.514. The number of nitrogens with two attached hydrogens (primary N) is 1. The summed E-state index contributed by atoms with van der Waals surface area (Å²) in [4.78, 5) is 0. The standard InChI is InChI=1S/C12H17BrClN/c1-3-8(4-2)12(15)10-7-9(14)5-6-11(10)13/h5-8,12H,3-4,15H2,1-2H3. The Morgan fingerprint density at radius 1 is 1.33 bits per heavy atom. The molecule has 1 nitrogen and oxygen atoms in total. The molecule has 0 spiro atoms. The van der Waals surface area contributed by atoms with Crippen LogP contribution in [0.15, 0.2) is 22.7 Å². The zero-order valence-electron chi connectivity index (χ0n) is 9.13. The molecule has 0 aliphatic carbocycles. The number of hydrogen-bond donors (Lipinski definition) is 1. The third kappa shape index (κ3) is 3.20. The Morgan fingerprint density at radius 3 is 2.47 bits per heavy atom. The van der Waals surface area contributed by atoms with Crippen molar-refractivity contribution in [3.05, 3.63) is 33.3 Å². The fourth-order valence-corrected chi connectivity index (χ4v) is 2.51. The van der Waals surface area contributed by atoms with Gasteiger partial charge in [-0.05, 0) is 29.7 Å². The highest BCUT2D eigenvalue weighted by molar-refractivity contribution is 9.10. The van der Waals surface area contributed by atoms with Crippen molar-refractivity contribution in [1.29, 1.82) is 0 Å². The number of hydrogen-bond acceptors (Lipinski definition) is 1. The molecule has 0 fully saturated rings. The fourth-order valence-electron chi connectivity index (χ4n) is 1.82. The van der Waals surface area contributed by atoms with Crippen LogP contribution in [-0.2, 0) is 0 Å². The van der Waals surface area contributed by atoms with Gasteiger partial charge in [0.1, 0.15) is 0 Å². The van der Waals surface area contributed by atoms with Gasteiger partial charge in [0.2, 0.25) is 0 Å². The molecule has 15 heavy (non-hydrogen) atoms. The molecular formula is C12H17BrClN. The van der Waals surface area contributed by atoms with E-state index in [9.17, 15) is 0 Å². The second-order valence-electron chi connectivity index (χ2n) is 3.77. The molecule has 84 valence electrons. The number of rotatable bonds is 4. The van der Waals surface area contributed by atoms with Gasteiger partial charge in [0.05, 0.1) is 0 Å². The molecule has 1 unspecified atom stereocenters. The lowest BCUT2D eigenvalue weighted by Crippen LogP contribution is -2.20. The van der Waals surface area contributed by atoms with Gasteiger partial charge in [-0.3, -0.25) is 0 Å². The van der Waals surface area contributed by atoms with Crippen LogP contribution in [0.3, 0.4) is 0 Å². The van der Waals surface area contributed by atoms with Crippen LogP contribution in [0, 0.1) is 5.92 Å². The van der Waals surface area contributed by atoms with Crippen LogP contribution in [0.25, 0.3) is 0 Å². The van der Waals surface area contributed by atoms with Crippen molar-refractivity contribution in [2.75, 3.05) is 0 Å². The summed E-state index contributed by atoms with van der Waals surface area (Å²) < 4.78 is 1.05. The first-order chi connectivity index (χ1) is 7.10. The van der Waals surface area contributed by atoms with E-state index in [1.807, 2.05) is 18.2 Å². The summed E-state index contributed by atoms with van der Waals surface area (Å²) in [6.07, 6.45) is 2.19. The molecular weight excluding hydrogens is 273 g/mol. The fraction of sp³-hybridized carbons (Fsp3) is 0.500. The third-order valence-electron chi connectivity index (χ3n) is 2.87. The van der Waals surface area contributed by atoms with Crippen LogP contribution < -0.4 is 5.73 Å². The predicted octanol–water partition coefficient (Wildman–Crippen LogP) is 4.54. The molecule has 1 aromatic rings.